The Hall–Kier alpha value is -2.49. The number of rotatable bonds is 4. The van der Waals surface area contributed by atoms with Gasteiger partial charge in [0.2, 0.25) is 0 Å². The number of amides is 1. The van der Waals surface area contributed by atoms with E-state index in [0.717, 1.165) is 37.5 Å². The van der Waals surface area contributed by atoms with Crippen molar-refractivity contribution < 1.29 is 9.53 Å². The molecule has 25 heavy (non-hydrogen) atoms. The Labute approximate surface area is 150 Å². The minimum atomic E-state index is 0.0591. The highest BCUT2D eigenvalue weighted by Crippen LogP contribution is 2.20. The van der Waals surface area contributed by atoms with Gasteiger partial charge < -0.3 is 14.5 Å². The second-order valence-electron chi connectivity index (χ2n) is 6.76. The smallest absolute Gasteiger partial charge is 0.260 e. The van der Waals surface area contributed by atoms with Crippen LogP contribution in [-0.2, 0) is 4.79 Å². The zero-order valence-corrected chi connectivity index (χ0v) is 15.3. The summed E-state index contributed by atoms with van der Waals surface area (Å²) in [4.78, 5) is 16.7. The first-order valence-electron chi connectivity index (χ1n) is 8.82. The van der Waals surface area contributed by atoms with E-state index < -0.39 is 0 Å². The Balaban J connectivity index is 1.51. The van der Waals surface area contributed by atoms with Crippen LogP contribution in [0.25, 0.3) is 0 Å². The zero-order chi connectivity index (χ0) is 17.8. The van der Waals surface area contributed by atoms with Gasteiger partial charge in [-0.15, -0.1) is 0 Å². The molecule has 4 heteroatoms. The van der Waals surface area contributed by atoms with Crippen LogP contribution in [0, 0.1) is 20.8 Å². The minimum Gasteiger partial charge on any atom is -0.484 e. The molecule has 1 heterocycles. The van der Waals surface area contributed by atoms with E-state index in [4.69, 9.17) is 4.74 Å². The second-order valence-corrected chi connectivity index (χ2v) is 6.76. The van der Waals surface area contributed by atoms with Gasteiger partial charge in [-0.3, -0.25) is 4.79 Å². The standard InChI is InChI=1S/C21H26N2O2/c1-16-5-4-6-19(14-16)22-9-11-23(12-10-22)21(24)15-25-20-8-7-17(2)13-18(20)3/h4-8,13-14H,9-12,15H2,1-3H3. The molecule has 2 aromatic rings. The average Bonchev–Trinajstić information content (AvgIpc) is 2.61. The molecular formula is C21H26N2O2. The molecule has 1 amide bonds. The quantitative estimate of drug-likeness (QED) is 0.857. The number of hydrogen-bond donors (Lipinski definition) is 0. The summed E-state index contributed by atoms with van der Waals surface area (Å²) < 4.78 is 5.73. The third-order valence-electron chi connectivity index (χ3n) is 4.68. The van der Waals surface area contributed by atoms with E-state index in [1.165, 1.54) is 16.8 Å². The first kappa shape index (κ1) is 17.3. The van der Waals surface area contributed by atoms with Crippen LogP contribution in [0.1, 0.15) is 16.7 Å². The molecule has 1 fully saturated rings. The third kappa shape index (κ3) is 4.32. The van der Waals surface area contributed by atoms with Crippen LogP contribution in [0.3, 0.4) is 0 Å². The van der Waals surface area contributed by atoms with Gasteiger partial charge in [0.15, 0.2) is 6.61 Å². The van der Waals surface area contributed by atoms with E-state index in [1.807, 2.05) is 24.0 Å². The van der Waals surface area contributed by atoms with E-state index in [2.05, 4.69) is 49.1 Å². The summed E-state index contributed by atoms with van der Waals surface area (Å²) >= 11 is 0. The van der Waals surface area contributed by atoms with Crippen molar-refractivity contribution in [2.24, 2.45) is 0 Å². The molecular weight excluding hydrogens is 312 g/mol. The number of nitrogens with zero attached hydrogens (tertiary/aromatic N) is 2. The molecule has 1 aliphatic rings. The van der Waals surface area contributed by atoms with Crippen LogP contribution < -0.4 is 9.64 Å². The second kappa shape index (κ2) is 7.60. The Morgan fingerprint density at radius 2 is 1.68 bits per heavy atom. The van der Waals surface area contributed by atoms with Crippen LogP contribution in [-0.4, -0.2) is 43.6 Å². The van der Waals surface area contributed by atoms with Gasteiger partial charge in [-0.1, -0.05) is 29.8 Å². The lowest BCUT2D eigenvalue weighted by Crippen LogP contribution is -2.50. The summed E-state index contributed by atoms with van der Waals surface area (Å²) in [5.74, 6) is 0.848. The van der Waals surface area contributed by atoms with Crippen molar-refractivity contribution in [2.75, 3.05) is 37.7 Å². The molecule has 4 nitrogen and oxygen atoms in total. The van der Waals surface area contributed by atoms with Gasteiger partial charge in [0, 0.05) is 31.9 Å². The molecule has 0 N–H and O–H groups in total. The largest absolute Gasteiger partial charge is 0.484 e. The minimum absolute atomic E-state index is 0.0591. The van der Waals surface area contributed by atoms with Gasteiger partial charge in [-0.25, -0.2) is 0 Å². The van der Waals surface area contributed by atoms with E-state index in [-0.39, 0.29) is 12.5 Å². The summed E-state index contributed by atoms with van der Waals surface area (Å²) in [5.41, 5.74) is 4.76. The topological polar surface area (TPSA) is 32.8 Å². The molecule has 2 aromatic carbocycles. The Bertz CT molecular complexity index is 749. The molecule has 0 aliphatic carbocycles. The van der Waals surface area contributed by atoms with Crippen molar-refractivity contribution in [3.63, 3.8) is 0 Å². The summed E-state index contributed by atoms with van der Waals surface area (Å²) in [7, 11) is 0. The number of hydrogen-bond acceptors (Lipinski definition) is 3. The molecule has 0 bridgehead atoms. The van der Waals surface area contributed by atoms with Crippen molar-refractivity contribution >= 4 is 11.6 Å². The highest BCUT2D eigenvalue weighted by atomic mass is 16.5. The molecule has 0 saturated carbocycles. The molecule has 132 valence electrons. The van der Waals surface area contributed by atoms with Crippen LogP contribution in [0.4, 0.5) is 5.69 Å². The number of benzene rings is 2. The average molecular weight is 338 g/mol. The maximum Gasteiger partial charge on any atom is 0.260 e. The highest BCUT2D eigenvalue weighted by molar-refractivity contribution is 5.78. The van der Waals surface area contributed by atoms with Gasteiger partial charge in [-0.05, 0) is 50.1 Å². The molecule has 0 atom stereocenters. The van der Waals surface area contributed by atoms with Crippen molar-refractivity contribution in [3.8, 4) is 5.75 Å². The number of carbonyl (C=O) groups excluding carboxylic acids is 1. The first-order valence-corrected chi connectivity index (χ1v) is 8.82. The number of ether oxygens (including phenoxy) is 1. The lowest BCUT2D eigenvalue weighted by atomic mass is 10.1. The summed E-state index contributed by atoms with van der Waals surface area (Å²) in [5, 5.41) is 0. The molecule has 3 rings (SSSR count). The van der Waals surface area contributed by atoms with Crippen molar-refractivity contribution in [1.29, 1.82) is 0 Å². The third-order valence-corrected chi connectivity index (χ3v) is 4.68. The van der Waals surface area contributed by atoms with Gasteiger partial charge >= 0.3 is 0 Å². The summed E-state index contributed by atoms with van der Waals surface area (Å²) in [6.45, 7) is 9.47. The van der Waals surface area contributed by atoms with Crippen molar-refractivity contribution in [1.82, 2.24) is 4.90 Å². The number of anilines is 1. The SMILES string of the molecule is Cc1cccc(N2CCN(C(=O)COc3ccc(C)cc3C)CC2)c1. The van der Waals surface area contributed by atoms with Gasteiger partial charge in [0.25, 0.3) is 5.91 Å². The van der Waals surface area contributed by atoms with Crippen LogP contribution in [0.15, 0.2) is 42.5 Å². The van der Waals surface area contributed by atoms with Gasteiger partial charge in [0.05, 0.1) is 0 Å². The van der Waals surface area contributed by atoms with E-state index >= 15 is 0 Å². The first-order chi connectivity index (χ1) is 12.0. The monoisotopic (exact) mass is 338 g/mol. The summed E-state index contributed by atoms with van der Waals surface area (Å²) in [6.07, 6.45) is 0. The maximum absolute atomic E-state index is 12.4. The Morgan fingerprint density at radius 3 is 2.36 bits per heavy atom. The Morgan fingerprint density at radius 1 is 0.960 bits per heavy atom. The number of carbonyl (C=O) groups is 1. The van der Waals surface area contributed by atoms with Crippen LogP contribution >= 0.6 is 0 Å². The molecule has 0 spiro atoms. The number of piperazine rings is 1. The lowest BCUT2D eigenvalue weighted by Gasteiger charge is -2.36. The Kier molecular flexibility index (Phi) is 5.27. The summed E-state index contributed by atoms with van der Waals surface area (Å²) in [6, 6.07) is 14.5. The normalized spacial score (nSPS) is 14.5. The fourth-order valence-electron chi connectivity index (χ4n) is 3.23. The molecule has 0 unspecified atom stereocenters. The van der Waals surface area contributed by atoms with Crippen LogP contribution in [0.2, 0.25) is 0 Å². The molecule has 0 radical (unpaired) electrons. The number of aryl methyl sites for hydroxylation is 3. The molecule has 0 aromatic heterocycles. The van der Waals surface area contributed by atoms with E-state index in [0.29, 0.717) is 0 Å². The van der Waals surface area contributed by atoms with Gasteiger partial charge in [0.1, 0.15) is 5.75 Å². The lowest BCUT2D eigenvalue weighted by molar-refractivity contribution is -0.133. The van der Waals surface area contributed by atoms with E-state index in [9.17, 15) is 4.79 Å². The molecule has 1 saturated heterocycles. The van der Waals surface area contributed by atoms with Crippen molar-refractivity contribution in [2.45, 2.75) is 20.8 Å². The predicted molar refractivity (Wildman–Crippen MR) is 101 cm³/mol. The van der Waals surface area contributed by atoms with Crippen molar-refractivity contribution in [3.05, 3.63) is 59.2 Å². The predicted octanol–water partition coefficient (Wildman–Crippen LogP) is 3.34. The fourth-order valence-corrected chi connectivity index (χ4v) is 3.23. The van der Waals surface area contributed by atoms with Gasteiger partial charge in [-0.2, -0.15) is 0 Å². The van der Waals surface area contributed by atoms with E-state index in [1.54, 1.807) is 0 Å². The fraction of sp³-hybridized carbons (Fsp3) is 0.381. The van der Waals surface area contributed by atoms with Crippen LogP contribution in [0.5, 0.6) is 5.75 Å². The molecule has 1 aliphatic heterocycles. The zero-order valence-electron chi connectivity index (χ0n) is 15.3. The highest BCUT2D eigenvalue weighted by Gasteiger charge is 2.21. The maximum atomic E-state index is 12.4.